The van der Waals surface area contributed by atoms with E-state index in [1.165, 1.54) is 0 Å². The van der Waals surface area contributed by atoms with Crippen molar-refractivity contribution in [2.45, 2.75) is 6.54 Å². The lowest BCUT2D eigenvalue weighted by Gasteiger charge is -2.14. The van der Waals surface area contributed by atoms with Gasteiger partial charge >= 0.3 is 0 Å². The van der Waals surface area contributed by atoms with E-state index in [-0.39, 0.29) is 5.95 Å². The Kier molecular flexibility index (Phi) is 3.88. The molecule has 2 aromatic heterocycles. The van der Waals surface area contributed by atoms with Crippen LogP contribution in [0.25, 0.3) is 11.2 Å². The number of benzene rings is 1. The summed E-state index contributed by atoms with van der Waals surface area (Å²) >= 11 is 0. The Morgan fingerprint density at radius 1 is 1.04 bits per heavy atom. The zero-order valence-electron chi connectivity index (χ0n) is 13.1. The molecule has 8 nitrogen and oxygen atoms in total. The summed E-state index contributed by atoms with van der Waals surface area (Å²) in [5.41, 5.74) is 7.97. The van der Waals surface area contributed by atoms with E-state index < -0.39 is 0 Å². The molecule has 0 amide bonds. The summed E-state index contributed by atoms with van der Waals surface area (Å²) in [7, 11) is 4.74. The predicted octanol–water partition coefficient (Wildman–Crippen LogP) is 1.48. The highest BCUT2D eigenvalue weighted by atomic mass is 16.5. The first-order chi connectivity index (χ1) is 11.2. The third-order valence-corrected chi connectivity index (χ3v) is 3.45. The molecule has 0 bridgehead atoms. The second-order valence-corrected chi connectivity index (χ2v) is 4.84. The molecular weight excluding hydrogens is 298 g/mol. The summed E-state index contributed by atoms with van der Waals surface area (Å²) in [6.45, 7) is 0.531. The van der Waals surface area contributed by atoms with E-state index in [1.54, 1.807) is 33.9 Å². The van der Waals surface area contributed by atoms with Crippen molar-refractivity contribution < 1.29 is 14.2 Å². The first-order valence-corrected chi connectivity index (χ1v) is 6.88. The Morgan fingerprint density at radius 2 is 1.74 bits per heavy atom. The fourth-order valence-electron chi connectivity index (χ4n) is 2.41. The van der Waals surface area contributed by atoms with Crippen molar-refractivity contribution in [2.75, 3.05) is 27.1 Å². The van der Waals surface area contributed by atoms with Gasteiger partial charge in [0.05, 0.1) is 40.4 Å². The lowest BCUT2D eigenvalue weighted by atomic mass is 10.1. The molecule has 2 heterocycles. The summed E-state index contributed by atoms with van der Waals surface area (Å²) in [5, 5.41) is 0. The summed E-state index contributed by atoms with van der Waals surface area (Å²) in [6.07, 6.45) is 3.30. The minimum Gasteiger partial charge on any atom is -0.493 e. The van der Waals surface area contributed by atoms with Crippen molar-refractivity contribution in [3.8, 4) is 17.2 Å². The molecule has 0 aliphatic rings. The fraction of sp³-hybridized carbons (Fsp3) is 0.267. The molecule has 120 valence electrons. The van der Waals surface area contributed by atoms with Crippen molar-refractivity contribution in [2.24, 2.45) is 0 Å². The number of ether oxygens (including phenoxy) is 3. The Balaban J connectivity index is 2.03. The molecule has 0 aliphatic heterocycles. The molecule has 0 aliphatic carbocycles. The maximum Gasteiger partial charge on any atom is 0.222 e. The highest BCUT2D eigenvalue weighted by Gasteiger charge is 2.14. The quantitative estimate of drug-likeness (QED) is 0.761. The van der Waals surface area contributed by atoms with Crippen LogP contribution in [0.15, 0.2) is 24.7 Å². The minimum atomic E-state index is 0.212. The van der Waals surface area contributed by atoms with Crippen LogP contribution in [0, 0.1) is 0 Å². The molecule has 3 aromatic rings. The predicted molar refractivity (Wildman–Crippen MR) is 84.9 cm³/mol. The van der Waals surface area contributed by atoms with Gasteiger partial charge in [-0.05, 0) is 17.7 Å². The monoisotopic (exact) mass is 315 g/mol. The zero-order chi connectivity index (χ0) is 16.4. The summed E-state index contributed by atoms with van der Waals surface area (Å²) < 4.78 is 18.0. The average Bonchev–Trinajstić information content (AvgIpc) is 2.96. The molecule has 1 aromatic carbocycles. The molecular formula is C15H17N5O3. The third-order valence-electron chi connectivity index (χ3n) is 3.45. The standard InChI is InChI=1S/C15H17N5O3/c1-21-11-4-9(5-12(22-2)13(11)23-3)7-20-8-18-10-6-17-15(16)19-14(10)20/h4-6,8H,7H2,1-3H3,(H2,16,17,19). The topological polar surface area (TPSA) is 97.3 Å². The molecule has 8 heteroatoms. The van der Waals surface area contributed by atoms with E-state index in [0.717, 1.165) is 5.56 Å². The van der Waals surface area contributed by atoms with Gasteiger partial charge in [-0.1, -0.05) is 0 Å². The maximum atomic E-state index is 5.65. The van der Waals surface area contributed by atoms with Crippen molar-refractivity contribution in [1.82, 2.24) is 19.5 Å². The lowest BCUT2D eigenvalue weighted by molar-refractivity contribution is 0.323. The fourth-order valence-corrected chi connectivity index (χ4v) is 2.41. The van der Waals surface area contributed by atoms with E-state index in [1.807, 2.05) is 16.7 Å². The van der Waals surface area contributed by atoms with Gasteiger partial charge in [0.15, 0.2) is 17.1 Å². The molecule has 2 N–H and O–H groups in total. The molecule has 23 heavy (non-hydrogen) atoms. The van der Waals surface area contributed by atoms with Gasteiger partial charge < -0.3 is 24.5 Å². The number of nitrogen functional groups attached to an aromatic ring is 1. The van der Waals surface area contributed by atoms with Gasteiger partial charge in [-0.15, -0.1) is 0 Å². The van der Waals surface area contributed by atoms with Gasteiger partial charge in [0.25, 0.3) is 0 Å². The number of methoxy groups -OCH3 is 3. The first-order valence-electron chi connectivity index (χ1n) is 6.88. The molecule has 0 radical (unpaired) electrons. The van der Waals surface area contributed by atoms with Crippen molar-refractivity contribution in [1.29, 1.82) is 0 Å². The number of nitrogens with zero attached hydrogens (tertiary/aromatic N) is 4. The highest BCUT2D eigenvalue weighted by Crippen LogP contribution is 2.38. The van der Waals surface area contributed by atoms with Gasteiger partial charge in [0.2, 0.25) is 11.7 Å². The summed E-state index contributed by atoms with van der Waals surface area (Å²) in [4.78, 5) is 12.4. The summed E-state index contributed by atoms with van der Waals surface area (Å²) in [6, 6.07) is 3.77. The molecule has 0 fully saturated rings. The van der Waals surface area contributed by atoms with Crippen molar-refractivity contribution in [3.05, 3.63) is 30.2 Å². The molecule has 0 spiro atoms. The van der Waals surface area contributed by atoms with Crippen LogP contribution in [0.3, 0.4) is 0 Å². The zero-order valence-corrected chi connectivity index (χ0v) is 13.1. The average molecular weight is 315 g/mol. The van der Waals surface area contributed by atoms with E-state index in [0.29, 0.717) is 35.0 Å². The number of hydrogen-bond acceptors (Lipinski definition) is 7. The van der Waals surface area contributed by atoms with E-state index in [9.17, 15) is 0 Å². The molecule has 0 saturated carbocycles. The summed E-state index contributed by atoms with van der Waals surface area (Å²) in [5.74, 6) is 1.96. The number of nitrogens with two attached hydrogens (primary N) is 1. The number of imidazole rings is 1. The number of anilines is 1. The van der Waals surface area contributed by atoms with Crippen LogP contribution in [0.1, 0.15) is 5.56 Å². The Morgan fingerprint density at radius 3 is 2.35 bits per heavy atom. The largest absolute Gasteiger partial charge is 0.493 e. The SMILES string of the molecule is COc1cc(Cn2cnc3cnc(N)nc32)cc(OC)c1OC. The Hall–Kier alpha value is -3.03. The van der Waals surface area contributed by atoms with Crippen molar-refractivity contribution in [3.63, 3.8) is 0 Å². The van der Waals surface area contributed by atoms with Crippen LogP contribution in [-0.2, 0) is 6.54 Å². The number of rotatable bonds is 5. The van der Waals surface area contributed by atoms with E-state index in [4.69, 9.17) is 19.9 Å². The molecule has 0 unspecified atom stereocenters. The Labute approximate surface area is 132 Å². The van der Waals surface area contributed by atoms with Gasteiger partial charge in [0.1, 0.15) is 5.52 Å². The van der Waals surface area contributed by atoms with Gasteiger partial charge in [-0.3, -0.25) is 0 Å². The third kappa shape index (κ3) is 2.70. The van der Waals surface area contributed by atoms with Crippen LogP contribution in [0.5, 0.6) is 17.2 Å². The second kappa shape index (κ2) is 5.99. The number of fused-ring (bicyclic) bond motifs is 1. The normalized spacial score (nSPS) is 10.7. The van der Waals surface area contributed by atoms with Gasteiger partial charge in [-0.25, -0.2) is 9.97 Å². The molecule has 3 rings (SSSR count). The minimum absolute atomic E-state index is 0.212. The molecule has 0 atom stereocenters. The highest BCUT2D eigenvalue weighted by molar-refractivity contribution is 5.70. The van der Waals surface area contributed by atoms with E-state index in [2.05, 4.69) is 15.0 Å². The van der Waals surface area contributed by atoms with Crippen LogP contribution >= 0.6 is 0 Å². The van der Waals surface area contributed by atoms with Gasteiger partial charge in [-0.2, -0.15) is 4.98 Å². The first kappa shape index (κ1) is 14.9. The smallest absolute Gasteiger partial charge is 0.222 e. The van der Waals surface area contributed by atoms with E-state index >= 15 is 0 Å². The lowest BCUT2D eigenvalue weighted by Crippen LogP contribution is -2.03. The Bertz CT molecular complexity index is 821. The number of hydrogen-bond donors (Lipinski definition) is 1. The van der Waals surface area contributed by atoms with Crippen molar-refractivity contribution >= 4 is 17.1 Å². The van der Waals surface area contributed by atoms with Crippen LogP contribution in [0.4, 0.5) is 5.95 Å². The number of aromatic nitrogens is 4. The van der Waals surface area contributed by atoms with Crippen LogP contribution < -0.4 is 19.9 Å². The van der Waals surface area contributed by atoms with Crippen LogP contribution in [0.2, 0.25) is 0 Å². The van der Waals surface area contributed by atoms with Gasteiger partial charge in [0, 0.05) is 0 Å². The molecule has 0 saturated heterocycles. The maximum absolute atomic E-state index is 5.65. The second-order valence-electron chi connectivity index (χ2n) is 4.84. The van der Waals surface area contributed by atoms with Crippen LogP contribution in [-0.4, -0.2) is 40.8 Å².